The Morgan fingerprint density at radius 1 is 1.43 bits per heavy atom. The maximum absolute atomic E-state index is 12.3. The highest BCUT2D eigenvalue weighted by molar-refractivity contribution is 6.32. The first-order valence-electron chi connectivity index (χ1n) is 4.47. The number of carbonyl (C=O) groups is 1. The van der Waals surface area contributed by atoms with Crippen LogP contribution in [0.2, 0.25) is 0 Å². The monoisotopic (exact) mass is 227 g/mol. The van der Waals surface area contributed by atoms with Gasteiger partial charge in [0.05, 0.1) is 12.1 Å². The highest BCUT2D eigenvalue weighted by atomic mass is 35.5. The SMILES string of the molecule is O=C(N[C@H]1CCCC[C@H]1O)C(F)(F)Cl. The van der Waals surface area contributed by atoms with E-state index in [2.05, 4.69) is 11.6 Å². The molecule has 0 unspecified atom stereocenters. The van der Waals surface area contributed by atoms with Crippen molar-refractivity contribution in [1.82, 2.24) is 5.32 Å². The second-order valence-corrected chi connectivity index (χ2v) is 3.90. The van der Waals surface area contributed by atoms with Gasteiger partial charge < -0.3 is 10.4 Å². The van der Waals surface area contributed by atoms with Crippen LogP contribution in [0.15, 0.2) is 0 Å². The third-order valence-electron chi connectivity index (χ3n) is 2.30. The minimum Gasteiger partial charge on any atom is -0.391 e. The van der Waals surface area contributed by atoms with E-state index in [4.69, 9.17) is 0 Å². The summed E-state index contributed by atoms with van der Waals surface area (Å²) in [7, 11) is 0. The predicted molar refractivity (Wildman–Crippen MR) is 47.2 cm³/mol. The Hall–Kier alpha value is -0.420. The number of amides is 1. The smallest absolute Gasteiger partial charge is 0.391 e. The topological polar surface area (TPSA) is 49.3 Å². The summed E-state index contributed by atoms with van der Waals surface area (Å²) in [5, 5.41) is 7.53. The summed E-state index contributed by atoms with van der Waals surface area (Å²) < 4.78 is 24.5. The first-order valence-corrected chi connectivity index (χ1v) is 4.85. The molecule has 0 heterocycles. The van der Waals surface area contributed by atoms with Crippen molar-refractivity contribution < 1.29 is 18.7 Å². The number of halogens is 3. The molecule has 82 valence electrons. The molecule has 0 saturated heterocycles. The molecule has 2 atom stereocenters. The van der Waals surface area contributed by atoms with Crippen LogP contribution >= 0.6 is 11.6 Å². The van der Waals surface area contributed by atoms with Crippen molar-refractivity contribution in [3.63, 3.8) is 0 Å². The molecule has 1 aliphatic carbocycles. The lowest BCUT2D eigenvalue weighted by atomic mass is 9.92. The van der Waals surface area contributed by atoms with E-state index in [1.54, 1.807) is 0 Å². The molecule has 1 amide bonds. The maximum atomic E-state index is 12.3. The summed E-state index contributed by atoms with van der Waals surface area (Å²) in [4.78, 5) is 10.8. The molecule has 0 bridgehead atoms. The van der Waals surface area contributed by atoms with Crippen molar-refractivity contribution in [3.05, 3.63) is 0 Å². The average molecular weight is 228 g/mol. The molecule has 0 aliphatic heterocycles. The number of alkyl halides is 3. The molecule has 1 aliphatic rings. The highest BCUT2D eigenvalue weighted by Crippen LogP contribution is 2.22. The molecule has 6 heteroatoms. The van der Waals surface area contributed by atoms with Crippen molar-refractivity contribution in [3.8, 4) is 0 Å². The van der Waals surface area contributed by atoms with Crippen LogP contribution in [0.4, 0.5) is 8.78 Å². The first kappa shape index (κ1) is 11.7. The van der Waals surface area contributed by atoms with Crippen molar-refractivity contribution in [2.45, 2.75) is 43.2 Å². The van der Waals surface area contributed by atoms with Crippen LogP contribution in [-0.2, 0) is 4.79 Å². The van der Waals surface area contributed by atoms with Gasteiger partial charge in [-0.2, -0.15) is 8.78 Å². The zero-order valence-electron chi connectivity index (χ0n) is 7.47. The van der Waals surface area contributed by atoms with Gasteiger partial charge in [-0.05, 0) is 24.4 Å². The molecular weight excluding hydrogens is 216 g/mol. The predicted octanol–water partition coefficient (Wildman–Crippen LogP) is 1.24. The van der Waals surface area contributed by atoms with E-state index >= 15 is 0 Å². The minimum atomic E-state index is -3.89. The second-order valence-electron chi connectivity index (χ2n) is 3.43. The van der Waals surface area contributed by atoms with Crippen LogP contribution in [0.3, 0.4) is 0 Å². The molecule has 0 radical (unpaired) electrons. The van der Waals surface area contributed by atoms with Gasteiger partial charge in [0.25, 0.3) is 0 Å². The lowest BCUT2D eigenvalue weighted by Crippen LogP contribution is -2.49. The van der Waals surface area contributed by atoms with Gasteiger partial charge in [0, 0.05) is 0 Å². The van der Waals surface area contributed by atoms with Gasteiger partial charge in [0.1, 0.15) is 0 Å². The summed E-state index contributed by atoms with van der Waals surface area (Å²) in [6.07, 6.45) is 1.96. The Labute approximate surface area is 85.4 Å². The van der Waals surface area contributed by atoms with E-state index in [1.807, 2.05) is 5.32 Å². The Kier molecular flexibility index (Phi) is 3.66. The normalized spacial score (nSPS) is 28.6. The maximum Gasteiger partial charge on any atom is 0.399 e. The fourth-order valence-electron chi connectivity index (χ4n) is 1.53. The lowest BCUT2D eigenvalue weighted by Gasteiger charge is -2.28. The summed E-state index contributed by atoms with van der Waals surface area (Å²) in [5.74, 6) is -1.54. The van der Waals surface area contributed by atoms with E-state index in [-0.39, 0.29) is 0 Å². The molecule has 0 spiro atoms. The second kappa shape index (κ2) is 4.40. The highest BCUT2D eigenvalue weighted by Gasteiger charge is 2.38. The van der Waals surface area contributed by atoms with Gasteiger partial charge in [0.2, 0.25) is 0 Å². The average Bonchev–Trinajstić information content (AvgIpc) is 2.07. The van der Waals surface area contributed by atoms with E-state index in [9.17, 15) is 18.7 Å². The van der Waals surface area contributed by atoms with Crippen LogP contribution in [0.25, 0.3) is 0 Å². The standard InChI is InChI=1S/C8H12ClF2NO2/c9-8(10,11)7(14)12-5-3-1-2-4-6(5)13/h5-6,13H,1-4H2,(H,12,14)/t5-,6+/m0/s1. The van der Waals surface area contributed by atoms with E-state index in [0.29, 0.717) is 12.8 Å². The zero-order valence-corrected chi connectivity index (χ0v) is 8.23. The van der Waals surface area contributed by atoms with E-state index in [0.717, 1.165) is 12.8 Å². The molecule has 0 aromatic rings. The van der Waals surface area contributed by atoms with Gasteiger partial charge in [-0.25, -0.2) is 0 Å². The first-order chi connectivity index (χ1) is 6.41. The van der Waals surface area contributed by atoms with Gasteiger partial charge in [-0.1, -0.05) is 12.8 Å². The summed E-state index contributed by atoms with van der Waals surface area (Å²) in [5.41, 5.74) is 0. The van der Waals surface area contributed by atoms with E-state index in [1.165, 1.54) is 0 Å². The number of aliphatic hydroxyl groups excluding tert-OH is 1. The Bertz CT molecular complexity index is 220. The van der Waals surface area contributed by atoms with Crippen molar-refractivity contribution in [2.75, 3.05) is 0 Å². The fourth-order valence-corrected chi connectivity index (χ4v) is 1.58. The fraction of sp³-hybridized carbons (Fsp3) is 0.875. The third kappa shape index (κ3) is 3.06. The molecule has 1 fully saturated rings. The molecule has 1 rings (SSSR count). The Balaban J connectivity index is 2.46. The summed E-state index contributed by atoms with van der Waals surface area (Å²) in [6, 6.07) is -0.596. The molecule has 14 heavy (non-hydrogen) atoms. The summed E-state index contributed by atoms with van der Waals surface area (Å²) >= 11 is 4.52. The van der Waals surface area contributed by atoms with Gasteiger partial charge >= 0.3 is 11.3 Å². The van der Waals surface area contributed by atoms with Crippen LogP contribution in [0.1, 0.15) is 25.7 Å². The molecule has 0 aromatic heterocycles. The number of hydrogen-bond acceptors (Lipinski definition) is 2. The number of carbonyl (C=O) groups excluding carboxylic acids is 1. The number of nitrogens with one attached hydrogen (secondary N) is 1. The van der Waals surface area contributed by atoms with Crippen molar-refractivity contribution in [1.29, 1.82) is 0 Å². The molecule has 0 aromatic carbocycles. The number of aliphatic hydroxyl groups is 1. The summed E-state index contributed by atoms with van der Waals surface area (Å²) in [6.45, 7) is 0. The lowest BCUT2D eigenvalue weighted by molar-refractivity contribution is -0.137. The molecule has 2 N–H and O–H groups in total. The molecule has 1 saturated carbocycles. The van der Waals surface area contributed by atoms with E-state index < -0.39 is 23.4 Å². The van der Waals surface area contributed by atoms with Crippen LogP contribution in [0, 0.1) is 0 Å². The van der Waals surface area contributed by atoms with Gasteiger partial charge in [-0.15, -0.1) is 0 Å². The number of hydrogen-bond donors (Lipinski definition) is 2. The van der Waals surface area contributed by atoms with Crippen LogP contribution in [0.5, 0.6) is 0 Å². The Morgan fingerprint density at radius 2 is 2.00 bits per heavy atom. The molecule has 3 nitrogen and oxygen atoms in total. The zero-order chi connectivity index (χ0) is 10.8. The van der Waals surface area contributed by atoms with Gasteiger partial charge in [-0.3, -0.25) is 4.79 Å². The van der Waals surface area contributed by atoms with Crippen molar-refractivity contribution in [2.24, 2.45) is 0 Å². The largest absolute Gasteiger partial charge is 0.399 e. The van der Waals surface area contributed by atoms with Crippen molar-refractivity contribution >= 4 is 17.5 Å². The molecular formula is C8H12ClF2NO2. The van der Waals surface area contributed by atoms with Gasteiger partial charge in [0.15, 0.2) is 0 Å². The minimum absolute atomic E-state index is 0.514. The number of rotatable bonds is 2. The van der Waals surface area contributed by atoms with Crippen LogP contribution in [-0.4, -0.2) is 28.5 Å². The Morgan fingerprint density at radius 3 is 2.50 bits per heavy atom. The quantitative estimate of drug-likeness (QED) is 0.698. The third-order valence-corrected chi connectivity index (χ3v) is 2.48. The van der Waals surface area contributed by atoms with Crippen LogP contribution < -0.4 is 5.32 Å².